The Morgan fingerprint density at radius 2 is 1.92 bits per heavy atom. The van der Waals surface area contributed by atoms with E-state index in [0.717, 1.165) is 6.08 Å². The lowest BCUT2D eigenvalue weighted by Gasteiger charge is -2.41. The third-order valence-electron chi connectivity index (χ3n) is 4.75. The smallest absolute Gasteiger partial charge is 0.131 e. The SMILES string of the molecule is CC.CC=CC(C)(C(C)C)C1CC(F)=CC(F)=C1c1ccccn1. The van der Waals surface area contributed by atoms with Crippen LogP contribution in [0.1, 0.15) is 53.7 Å². The predicted octanol–water partition coefficient (Wildman–Crippen LogP) is 6.90. The van der Waals surface area contributed by atoms with E-state index in [4.69, 9.17) is 0 Å². The third kappa shape index (κ3) is 4.19. The first-order valence-electron chi connectivity index (χ1n) is 8.71. The van der Waals surface area contributed by atoms with Gasteiger partial charge in [-0.1, -0.05) is 52.8 Å². The van der Waals surface area contributed by atoms with Gasteiger partial charge in [0.15, 0.2) is 0 Å². The second kappa shape index (κ2) is 8.91. The van der Waals surface area contributed by atoms with Gasteiger partial charge in [-0.05, 0) is 30.4 Å². The lowest BCUT2D eigenvalue weighted by atomic mass is 9.63. The standard InChI is InChI=1S/C19H23F2N.C2H6/c1-5-9-19(4,13(2)3)15-11-14(20)12-16(21)18(15)17-8-6-7-10-22-17;1-2/h5-10,12-13,15H,11H2,1-4H3;1-2H3. The van der Waals surface area contributed by atoms with Gasteiger partial charge in [-0.15, -0.1) is 0 Å². The molecule has 2 unspecified atom stereocenters. The summed E-state index contributed by atoms with van der Waals surface area (Å²) in [7, 11) is 0. The summed E-state index contributed by atoms with van der Waals surface area (Å²) in [5.74, 6) is -0.947. The first-order valence-corrected chi connectivity index (χ1v) is 8.71. The van der Waals surface area contributed by atoms with E-state index in [1.165, 1.54) is 0 Å². The van der Waals surface area contributed by atoms with Gasteiger partial charge in [-0.3, -0.25) is 4.98 Å². The molecule has 0 bridgehead atoms. The number of rotatable bonds is 4. The second-order valence-electron chi connectivity index (χ2n) is 6.35. The molecule has 1 aromatic rings. The van der Waals surface area contributed by atoms with Crippen molar-refractivity contribution in [2.24, 2.45) is 17.3 Å². The van der Waals surface area contributed by atoms with E-state index in [9.17, 15) is 8.78 Å². The molecule has 0 spiro atoms. The monoisotopic (exact) mass is 333 g/mol. The van der Waals surface area contributed by atoms with Crippen molar-refractivity contribution in [1.29, 1.82) is 0 Å². The number of hydrogen-bond acceptors (Lipinski definition) is 1. The van der Waals surface area contributed by atoms with Crippen LogP contribution in [0.15, 0.2) is 54.3 Å². The number of aromatic nitrogens is 1. The number of allylic oxidation sites excluding steroid dienone is 6. The fourth-order valence-electron chi connectivity index (χ4n) is 3.16. The van der Waals surface area contributed by atoms with E-state index in [2.05, 4.69) is 31.8 Å². The molecule has 3 heteroatoms. The zero-order valence-electron chi connectivity index (χ0n) is 15.6. The zero-order chi connectivity index (χ0) is 18.3. The van der Waals surface area contributed by atoms with Crippen molar-refractivity contribution in [1.82, 2.24) is 4.98 Å². The van der Waals surface area contributed by atoms with Crippen molar-refractivity contribution in [2.45, 2.75) is 48.0 Å². The molecule has 2 rings (SSSR count). The minimum Gasteiger partial charge on any atom is -0.256 e. The summed E-state index contributed by atoms with van der Waals surface area (Å²) < 4.78 is 28.5. The largest absolute Gasteiger partial charge is 0.256 e. The number of halogens is 2. The number of hydrogen-bond donors (Lipinski definition) is 0. The van der Waals surface area contributed by atoms with Crippen LogP contribution in [0.3, 0.4) is 0 Å². The van der Waals surface area contributed by atoms with Gasteiger partial charge in [-0.25, -0.2) is 8.78 Å². The van der Waals surface area contributed by atoms with Crippen LogP contribution >= 0.6 is 0 Å². The highest BCUT2D eigenvalue weighted by Gasteiger charge is 2.41. The zero-order valence-corrected chi connectivity index (χ0v) is 15.6. The fourth-order valence-corrected chi connectivity index (χ4v) is 3.16. The first kappa shape index (κ1) is 20.3. The summed E-state index contributed by atoms with van der Waals surface area (Å²) in [5.41, 5.74) is 0.756. The molecule has 132 valence electrons. The highest BCUT2D eigenvalue weighted by atomic mass is 19.1. The summed E-state index contributed by atoms with van der Waals surface area (Å²) in [6, 6.07) is 5.41. The van der Waals surface area contributed by atoms with Crippen LogP contribution in [0.2, 0.25) is 0 Å². The minimum absolute atomic E-state index is 0.207. The van der Waals surface area contributed by atoms with Crippen LogP contribution in [0.4, 0.5) is 8.78 Å². The summed E-state index contributed by atoms with van der Waals surface area (Å²) in [4.78, 5) is 4.29. The van der Waals surface area contributed by atoms with E-state index in [1.807, 2.05) is 32.9 Å². The van der Waals surface area contributed by atoms with E-state index in [1.54, 1.807) is 18.3 Å². The van der Waals surface area contributed by atoms with Crippen LogP contribution in [-0.2, 0) is 0 Å². The molecule has 1 aromatic heterocycles. The van der Waals surface area contributed by atoms with Gasteiger partial charge in [0.25, 0.3) is 0 Å². The van der Waals surface area contributed by atoms with Gasteiger partial charge < -0.3 is 0 Å². The van der Waals surface area contributed by atoms with Crippen molar-refractivity contribution < 1.29 is 8.78 Å². The second-order valence-corrected chi connectivity index (χ2v) is 6.35. The molecule has 1 aliphatic rings. The average molecular weight is 333 g/mol. The topological polar surface area (TPSA) is 12.9 Å². The lowest BCUT2D eigenvalue weighted by Crippen LogP contribution is -2.33. The highest BCUT2D eigenvalue weighted by Crippen LogP contribution is 2.50. The molecule has 0 aromatic carbocycles. The Morgan fingerprint density at radius 3 is 2.42 bits per heavy atom. The highest BCUT2D eigenvalue weighted by molar-refractivity contribution is 5.71. The Balaban J connectivity index is 0.00000139. The van der Waals surface area contributed by atoms with E-state index in [0.29, 0.717) is 11.3 Å². The summed E-state index contributed by atoms with van der Waals surface area (Å²) in [6.45, 7) is 12.2. The van der Waals surface area contributed by atoms with Crippen molar-refractivity contribution in [3.63, 3.8) is 0 Å². The summed E-state index contributed by atoms with van der Waals surface area (Å²) >= 11 is 0. The van der Waals surface area contributed by atoms with E-state index >= 15 is 0 Å². The van der Waals surface area contributed by atoms with E-state index in [-0.39, 0.29) is 23.7 Å². The molecule has 2 atom stereocenters. The van der Waals surface area contributed by atoms with Gasteiger partial charge in [0.1, 0.15) is 11.7 Å². The van der Waals surface area contributed by atoms with Crippen LogP contribution < -0.4 is 0 Å². The molecular weight excluding hydrogens is 304 g/mol. The molecule has 0 fully saturated rings. The van der Waals surface area contributed by atoms with Gasteiger partial charge in [-0.2, -0.15) is 0 Å². The van der Waals surface area contributed by atoms with Gasteiger partial charge in [0.05, 0.1) is 5.69 Å². The van der Waals surface area contributed by atoms with Crippen molar-refractivity contribution in [2.75, 3.05) is 0 Å². The normalized spacial score (nSPS) is 20.5. The maximum Gasteiger partial charge on any atom is 0.131 e. The number of pyridine rings is 1. The maximum atomic E-state index is 14.6. The fraction of sp³-hybridized carbons (Fsp3) is 0.476. The van der Waals surface area contributed by atoms with Gasteiger partial charge >= 0.3 is 0 Å². The minimum atomic E-state index is -0.510. The van der Waals surface area contributed by atoms with Crippen LogP contribution in [0.5, 0.6) is 0 Å². The maximum absolute atomic E-state index is 14.6. The van der Waals surface area contributed by atoms with Gasteiger partial charge in [0.2, 0.25) is 0 Å². The molecule has 0 radical (unpaired) electrons. The Bertz CT molecular complexity index is 614. The quantitative estimate of drug-likeness (QED) is 0.546. The Kier molecular flexibility index (Phi) is 7.53. The molecule has 0 aliphatic heterocycles. The predicted molar refractivity (Wildman–Crippen MR) is 98.7 cm³/mol. The Hall–Kier alpha value is -1.77. The first-order chi connectivity index (χ1) is 11.4. The van der Waals surface area contributed by atoms with Crippen molar-refractivity contribution >= 4 is 5.57 Å². The molecule has 0 amide bonds. The summed E-state index contributed by atoms with van der Waals surface area (Å²) in [5, 5.41) is 0. The Morgan fingerprint density at radius 1 is 1.25 bits per heavy atom. The molecule has 0 saturated heterocycles. The number of nitrogens with zero attached hydrogens (tertiary/aromatic N) is 1. The molecule has 1 heterocycles. The average Bonchev–Trinajstić information content (AvgIpc) is 2.56. The molecule has 0 saturated carbocycles. The Labute approximate surface area is 145 Å². The van der Waals surface area contributed by atoms with E-state index < -0.39 is 11.7 Å². The van der Waals surface area contributed by atoms with Crippen LogP contribution in [0, 0.1) is 17.3 Å². The molecule has 0 N–H and O–H groups in total. The van der Waals surface area contributed by atoms with Crippen molar-refractivity contribution in [3.05, 3.63) is 60.0 Å². The van der Waals surface area contributed by atoms with Crippen LogP contribution in [-0.4, -0.2) is 4.98 Å². The molecule has 1 nitrogen and oxygen atoms in total. The van der Waals surface area contributed by atoms with Crippen molar-refractivity contribution in [3.8, 4) is 0 Å². The molecule has 24 heavy (non-hydrogen) atoms. The lowest BCUT2D eigenvalue weighted by molar-refractivity contribution is 0.209. The van der Waals surface area contributed by atoms with Gasteiger partial charge in [0, 0.05) is 30.2 Å². The third-order valence-corrected chi connectivity index (χ3v) is 4.75. The van der Waals surface area contributed by atoms with Crippen LogP contribution in [0.25, 0.3) is 5.57 Å². The summed E-state index contributed by atoms with van der Waals surface area (Å²) in [6.07, 6.45) is 6.88. The molecule has 1 aliphatic carbocycles. The molecular formula is C21H29F2N.